The molecule has 0 heterocycles. The van der Waals surface area contributed by atoms with Gasteiger partial charge in [0.05, 0.1) is 6.10 Å². The fourth-order valence-corrected chi connectivity index (χ4v) is 2.59. The van der Waals surface area contributed by atoms with E-state index < -0.39 is 0 Å². The summed E-state index contributed by atoms with van der Waals surface area (Å²) in [7, 11) is 0. The Morgan fingerprint density at radius 1 is 1.36 bits per heavy atom. The average molecular weight is 196 g/mol. The van der Waals surface area contributed by atoms with Crippen molar-refractivity contribution in [3.05, 3.63) is 12.7 Å². The molecule has 1 aliphatic carbocycles. The van der Waals surface area contributed by atoms with E-state index in [-0.39, 0.29) is 6.10 Å². The van der Waals surface area contributed by atoms with Gasteiger partial charge in [-0.1, -0.05) is 38.7 Å². The monoisotopic (exact) mass is 196 g/mol. The first-order valence-electron chi connectivity index (χ1n) is 6.10. The molecule has 1 aliphatic rings. The third kappa shape index (κ3) is 3.13. The predicted octanol–water partition coefficient (Wildman–Crippen LogP) is 3.53. The van der Waals surface area contributed by atoms with Crippen LogP contribution in [0.5, 0.6) is 0 Å². The van der Waals surface area contributed by atoms with E-state index in [1.807, 2.05) is 6.08 Å². The van der Waals surface area contributed by atoms with E-state index in [0.29, 0.717) is 11.8 Å². The Kier molecular flexibility index (Phi) is 5.24. The highest BCUT2D eigenvalue weighted by Crippen LogP contribution is 2.31. The van der Waals surface area contributed by atoms with Crippen molar-refractivity contribution in [3.63, 3.8) is 0 Å². The second kappa shape index (κ2) is 6.23. The average Bonchev–Trinajstić information content (AvgIpc) is 2.26. The van der Waals surface area contributed by atoms with Crippen molar-refractivity contribution in [1.29, 1.82) is 0 Å². The zero-order valence-corrected chi connectivity index (χ0v) is 9.41. The summed E-state index contributed by atoms with van der Waals surface area (Å²) in [5, 5.41) is 10.2. The molecule has 0 aromatic rings. The molecule has 0 radical (unpaired) electrons. The highest BCUT2D eigenvalue weighted by Gasteiger charge is 2.26. The van der Waals surface area contributed by atoms with Gasteiger partial charge in [-0.3, -0.25) is 0 Å². The number of aliphatic hydroxyl groups is 1. The Bertz CT molecular complexity index is 159. The van der Waals surface area contributed by atoms with Gasteiger partial charge in [0.2, 0.25) is 0 Å². The van der Waals surface area contributed by atoms with E-state index >= 15 is 0 Å². The zero-order chi connectivity index (χ0) is 10.4. The Balaban J connectivity index is 2.42. The van der Waals surface area contributed by atoms with Gasteiger partial charge in [-0.15, -0.1) is 6.58 Å². The molecule has 1 nitrogen and oxygen atoms in total. The summed E-state index contributed by atoms with van der Waals surface area (Å²) in [4.78, 5) is 0. The lowest BCUT2D eigenvalue weighted by Crippen LogP contribution is -2.29. The van der Waals surface area contributed by atoms with Crippen molar-refractivity contribution in [2.45, 2.75) is 58.0 Å². The maximum absolute atomic E-state index is 10.2. The summed E-state index contributed by atoms with van der Waals surface area (Å²) < 4.78 is 0. The maximum atomic E-state index is 10.2. The Hall–Kier alpha value is -0.300. The molecule has 1 heteroatoms. The van der Waals surface area contributed by atoms with E-state index in [1.54, 1.807) is 0 Å². The molecule has 0 aromatic carbocycles. The van der Waals surface area contributed by atoms with Crippen molar-refractivity contribution < 1.29 is 5.11 Å². The largest absolute Gasteiger partial charge is 0.392 e. The second-order valence-electron chi connectivity index (χ2n) is 4.58. The summed E-state index contributed by atoms with van der Waals surface area (Å²) in [5.41, 5.74) is 0. The minimum absolute atomic E-state index is 0.132. The van der Waals surface area contributed by atoms with Gasteiger partial charge in [0.25, 0.3) is 0 Å². The van der Waals surface area contributed by atoms with E-state index in [2.05, 4.69) is 13.5 Å². The van der Waals surface area contributed by atoms with E-state index in [1.165, 1.54) is 32.1 Å². The minimum Gasteiger partial charge on any atom is -0.392 e. The van der Waals surface area contributed by atoms with Gasteiger partial charge in [-0.25, -0.2) is 0 Å². The number of aliphatic hydroxyl groups excluding tert-OH is 1. The van der Waals surface area contributed by atoms with Crippen LogP contribution in [0.15, 0.2) is 12.7 Å². The first-order valence-corrected chi connectivity index (χ1v) is 6.10. The van der Waals surface area contributed by atoms with Crippen molar-refractivity contribution in [2.75, 3.05) is 0 Å². The van der Waals surface area contributed by atoms with E-state index in [4.69, 9.17) is 0 Å². The number of rotatable bonds is 5. The summed E-state index contributed by atoms with van der Waals surface area (Å²) in [6.45, 7) is 6.01. The van der Waals surface area contributed by atoms with Crippen molar-refractivity contribution in [2.24, 2.45) is 11.8 Å². The molecule has 1 rings (SSSR count). The zero-order valence-electron chi connectivity index (χ0n) is 9.41. The first kappa shape index (κ1) is 11.8. The molecular weight excluding hydrogens is 172 g/mol. The molecule has 2 atom stereocenters. The normalized spacial score (nSPS) is 23.0. The van der Waals surface area contributed by atoms with Gasteiger partial charge in [0, 0.05) is 5.92 Å². The molecular formula is C13H24O. The highest BCUT2D eigenvalue weighted by atomic mass is 16.3. The molecule has 0 spiro atoms. The molecule has 1 N–H and O–H groups in total. The third-order valence-electron chi connectivity index (χ3n) is 3.50. The van der Waals surface area contributed by atoms with Gasteiger partial charge in [-0.2, -0.15) is 0 Å². The highest BCUT2D eigenvalue weighted by molar-refractivity contribution is 4.88. The number of hydrogen-bond acceptors (Lipinski definition) is 1. The Morgan fingerprint density at radius 3 is 2.50 bits per heavy atom. The lowest BCUT2D eigenvalue weighted by atomic mass is 9.79. The molecule has 0 aliphatic heterocycles. The SMILES string of the molecule is C=C[C@@H](CCC)[C@H](O)C1CCCCC1. The fraction of sp³-hybridized carbons (Fsp3) is 0.846. The summed E-state index contributed by atoms with van der Waals surface area (Å²) >= 11 is 0. The molecule has 0 saturated heterocycles. The van der Waals surface area contributed by atoms with Crippen molar-refractivity contribution >= 4 is 0 Å². The molecule has 1 saturated carbocycles. The Labute approximate surface area is 88.2 Å². The molecule has 0 bridgehead atoms. The molecule has 82 valence electrons. The topological polar surface area (TPSA) is 20.2 Å². The van der Waals surface area contributed by atoms with Gasteiger partial charge in [0.1, 0.15) is 0 Å². The fourth-order valence-electron chi connectivity index (χ4n) is 2.59. The van der Waals surface area contributed by atoms with E-state index in [0.717, 1.165) is 12.8 Å². The van der Waals surface area contributed by atoms with Crippen molar-refractivity contribution in [1.82, 2.24) is 0 Å². The molecule has 0 aromatic heterocycles. The predicted molar refractivity (Wildman–Crippen MR) is 61.2 cm³/mol. The minimum atomic E-state index is -0.132. The van der Waals surface area contributed by atoms with Crippen LogP contribution in [0.1, 0.15) is 51.9 Å². The van der Waals surface area contributed by atoms with Crippen LogP contribution in [0, 0.1) is 11.8 Å². The molecule has 0 unspecified atom stereocenters. The second-order valence-corrected chi connectivity index (χ2v) is 4.58. The van der Waals surface area contributed by atoms with Crippen LogP contribution in [0.3, 0.4) is 0 Å². The van der Waals surface area contributed by atoms with Crippen LogP contribution in [-0.2, 0) is 0 Å². The third-order valence-corrected chi connectivity index (χ3v) is 3.50. The van der Waals surface area contributed by atoms with Crippen LogP contribution in [-0.4, -0.2) is 11.2 Å². The number of hydrogen-bond donors (Lipinski definition) is 1. The standard InChI is InChI=1S/C13H24O/c1-3-8-11(4-2)13(14)12-9-6-5-7-10-12/h4,11-14H,2-3,5-10H2,1H3/t11-,13-/m0/s1. The first-order chi connectivity index (χ1) is 6.79. The van der Waals surface area contributed by atoms with Crippen LogP contribution < -0.4 is 0 Å². The van der Waals surface area contributed by atoms with Gasteiger partial charge in [-0.05, 0) is 25.2 Å². The van der Waals surface area contributed by atoms with Crippen molar-refractivity contribution in [3.8, 4) is 0 Å². The maximum Gasteiger partial charge on any atom is 0.0630 e. The van der Waals surface area contributed by atoms with Gasteiger partial charge < -0.3 is 5.11 Å². The van der Waals surface area contributed by atoms with Crippen LogP contribution in [0.2, 0.25) is 0 Å². The Morgan fingerprint density at radius 2 is 2.00 bits per heavy atom. The summed E-state index contributed by atoms with van der Waals surface area (Å²) in [6.07, 6.45) is 10.4. The van der Waals surface area contributed by atoms with Crippen LogP contribution in [0.4, 0.5) is 0 Å². The van der Waals surface area contributed by atoms with Crippen LogP contribution in [0.25, 0.3) is 0 Å². The van der Waals surface area contributed by atoms with Gasteiger partial charge >= 0.3 is 0 Å². The van der Waals surface area contributed by atoms with Crippen LogP contribution >= 0.6 is 0 Å². The van der Waals surface area contributed by atoms with Gasteiger partial charge in [0.15, 0.2) is 0 Å². The smallest absolute Gasteiger partial charge is 0.0630 e. The molecule has 0 amide bonds. The molecule has 1 fully saturated rings. The lowest BCUT2D eigenvalue weighted by Gasteiger charge is -2.30. The summed E-state index contributed by atoms with van der Waals surface area (Å²) in [5.74, 6) is 0.862. The quantitative estimate of drug-likeness (QED) is 0.667. The van der Waals surface area contributed by atoms with E-state index in [9.17, 15) is 5.11 Å². The lowest BCUT2D eigenvalue weighted by molar-refractivity contribution is 0.0469. The molecule has 14 heavy (non-hydrogen) atoms. The summed E-state index contributed by atoms with van der Waals surface area (Å²) in [6, 6.07) is 0.